The SMILES string of the molecule is Nc1nc(I)nc2nccnc12. The number of fused-ring (bicyclic) bond motifs is 1. The summed E-state index contributed by atoms with van der Waals surface area (Å²) in [5.41, 5.74) is 6.69. The van der Waals surface area contributed by atoms with Gasteiger partial charge in [0.25, 0.3) is 0 Å². The van der Waals surface area contributed by atoms with E-state index >= 15 is 0 Å². The van der Waals surface area contributed by atoms with Crippen LogP contribution in [0.5, 0.6) is 0 Å². The van der Waals surface area contributed by atoms with Crippen molar-refractivity contribution in [1.82, 2.24) is 19.9 Å². The summed E-state index contributed by atoms with van der Waals surface area (Å²) < 4.78 is 0.582. The lowest BCUT2D eigenvalue weighted by molar-refractivity contribution is 1.11. The van der Waals surface area contributed by atoms with E-state index in [4.69, 9.17) is 5.73 Å². The van der Waals surface area contributed by atoms with Gasteiger partial charge in [-0.05, 0) is 0 Å². The highest BCUT2D eigenvalue weighted by Crippen LogP contribution is 2.12. The van der Waals surface area contributed by atoms with Crippen molar-refractivity contribution in [2.75, 3.05) is 5.73 Å². The number of hydrogen-bond acceptors (Lipinski definition) is 5. The summed E-state index contributed by atoms with van der Waals surface area (Å²) in [6, 6.07) is 0. The van der Waals surface area contributed by atoms with E-state index in [1.807, 2.05) is 22.6 Å². The maximum atomic E-state index is 5.60. The summed E-state index contributed by atoms with van der Waals surface area (Å²) in [4.78, 5) is 16.0. The van der Waals surface area contributed by atoms with Gasteiger partial charge in [-0.3, -0.25) is 0 Å². The molecule has 0 saturated heterocycles. The minimum atomic E-state index is 0.373. The van der Waals surface area contributed by atoms with Crippen LogP contribution in [0.2, 0.25) is 0 Å². The molecule has 12 heavy (non-hydrogen) atoms. The second kappa shape index (κ2) is 2.77. The van der Waals surface area contributed by atoms with Crippen LogP contribution in [0.4, 0.5) is 5.82 Å². The van der Waals surface area contributed by atoms with E-state index in [1.165, 1.54) is 0 Å². The zero-order chi connectivity index (χ0) is 8.55. The van der Waals surface area contributed by atoms with E-state index in [1.54, 1.807) is 12.4 Å². The molecule has 2 heterocycles. The van der Waals surface area contributed by atoms with Crippen LogP contribution >= 0.6 is 22.6 Å². The number of rotatable bonds is 0. The number of aromatic nitrogens is 4. The van der Waals surface area contributed by atoms with Gasteiger partial charge in [-0.1, -0.05) is 0 Å². The second-order valence-corrected chi connectivity index (χ2v) is 3.07. The Bertz CT molecular complexity index is 429. The molecule has 0 fully saturated rings. The van der Waals surface area contributed by atoms with Crippen LogP contribution in [-0.2, 0) is 0 Å². The lowest BCUT2D eigenvalue weighted by atomic mass is 10.5. The van der Waals surface area contributed by atoms with Gasteiger partial charge in [-0.25, -0.2) is 19.9 Å². The van der Waals surface area contributed by atoms with E-state index in [-0.39, 0.29) is 0 Å². The summed E-state index contributed by atoms with van der Waals surface area (Å²) in [7, 11) is 0. The number of nitrogens with zero attached hydrogens (tertiary/aromatic N) is 4. The Kier molecular flexibility index (Phi) is 1.75. The largest absolute Gasteiger partial charge is 0.382 e. The van der Waals surface area contributed by atoms with Crippen molar-refractivity contribution in [2.24, 2.45) is 0 Å². The summed E-state index contributed by atoms with van der Waals surface area (Å²) in [6.07, 6.45) is 3.14. The van der Waals surface area contributed by atoms with Gasteiger partial charge in [-0.2, -0.15) is 0 Å². The van der Waals surface area contributed by atoms with Crippen LogP contribution < -0.4 is 5.73 Å². The van der Waals surface area contributed by atoms with Crippen molar-refractivity contribution in [3.8, 4) is 0 Å². The van der Waals surface area contributed by atoms with Crippen molar-refractivity contribution in [1.29, 1.82) is 0 Å². The smallest absolute Gasteiger partial charge is 0.194 e. The fraction of sp³-hybridized carbons (Fsp3) is 0. The van der Waals surface area contributed by atoms with E-state index in [0.29, 0.717) is 20.8 Å². The van der Waals surface area contributed by atoms with Crippen LogP contribution in [0.15, 0.2) is 12.4 Å². The minimum Gasteiger partial charge on any atom is -0.382 e. The Labute approximate surface area is 81.6 Å². The molecule has 0 aliphatic rings. The summed E-state index contributed by atoms with van der Waals surface area (Å²) in [6.45, 7) is 0. The Morgan fingerprint density at radius 2 is 1.92 bits per heavy atom. The molecule has 6 heteroatoms. The summed E-state index contributed by atoms with van der Waals surface area (Å²) in [5, 5.41) is 0. The van der Waals surface area contributed by atoms with E-state index in [2.05, 4.69) is 19.9 Å². The standard InChI is InChI=1S/C6H4IN5/c7-6-11-4(8)3-5(12-6)10-2-1-9-3/h1-2H,(H2,8,10,11,12). The molecule has 2 aromatic rings. The molecule has 0 bridgehead atoms. The number of hydrogen-bond donors (Lipinski definition) is 1. The van der Waals surface area contributed by atoms with Crippen LogP contribution in [0.3, 0.4) is 0 Å². The molecule has 0 aliphatic heterocycles. The van der Waals surface area contributed by atoms with E-state index in [0.717, 1.165) is 0 Å². The van der Waals surface area contributed by atoms with Crippen LogP contribution in [0.25, 0.3) is 11.2 Å². The molecule has 0 spiro atoms. The first kappa shape index (κ1) is 7.59. The van der Waals surface area contributed by atoms with Gasteiger partial charge >= 0.3 is 0 Å². The van der Waals surface area contributed by atoms with E-state index < -0.39 is 0 Å². The average Bonchev–Trinajstić information content (AvgIpc) is 2.04. The van der Waals surface area contributed by atoms with Gasteiger partial charge in [0.2, 0.25) is 0 Å². The predicted octanol–water partition coefficient (Wildman–Crippen LogP) is 0.607. The average molecular weight is 273 g/mol. The molecule has 0 atom stereocenters. The van der Waals surface area contributed by atoms with Crippen LogP contribution in [-0.4, -0.2) is 19.9 Å². The van der Waals surface area contributed by atoms with Gasteiger partial charge in [0.1, 0.15) is 5.52 Å². The maximum absolute atomic E-state index is 5.60. The van der Waals surface area contributed by atoms with Crippen molar-refractivity contribution >= 4 is 39.6 Å². The number of anilines is 1. The molecule has 0 aromatic carbocycles. The van der Waals surface area contributed by atoms with Crippen LogP contribution in [0, 0.1) is 3.83 Å². The van der Waals surface area contributed by atoms with Crippen molar-refractivity contribution < 1.29 is 0 Å². The quantitative estimate of drug-likeness (QED) is 0.562. The molecule has 0 aliphatic carbocycles. The molecule has 2 N–H and O–H groups in total. The van der Waals surface area contributed by atoms with E-state index in [9.17, 15) is 0 Å². The predicted molar refractivity (Wildman–Crippen MR) is 52.3 cm³/mol. The van der Waals surface area contributed by atoms with Gasteiger partial charge in [0.05, 0.1) is 0 Å². The normalized spacial score (nSPS) is 10.4. The molecule has 0 radical (unpaired) electrons. The zero-order valence-corrected chi connectivity index (χ0v) is 8.06. The first-order valence-electron chi connectivity index (χ1n) is 3.17. The molecule has 2 rings (SSSR count). The topological polar surface area (TPSA) is 77.6 Å². The number of nitrogens with two attached hydrogens (primary N) is 1. The lowest BCUT2D eigenvalue weighted by Crippen LogP contribution is -1.99. The van der Waals surface area contributed by atoms with Crippen molar-refractivity contribution in [3.05, 3.63) is 16.2 Å². The Balaban J connectivity index is 2.89. The molecular formula is C6H4IN5. The minimum absolute atomic E-state index is 0.373. The number of halogens is 1. The van der Waals surface area contributed by atoms with Gasteiger partial charge in [0.15, 0.2) is 15.3 Å². The highest BCUT2D eigenvalue weighted by atomic mass is 127. The molecule has 0 amide bonds. The van der Waals surface area contributed by atoms with Crippen LogP contribution in [0.1, 0.15) is 0 Å². The third kappa shape index (κ3) is 1.17. The Morgan fingerprint density at radius 3 is 2.75 bits per heavy atom. The third-order valence-electron chi connectivity index (χ3n) is 1.33. The highest BCUT2D eigenvalue weighted by Gasteiger charge is 2.03. The first-order valence-corrected chi connectivity index (χ1v) is 4.25. The Hall–Kier alpha value is -1.05. The molecular weight excluding hydrogens is 269 g/mol. The molecule has 2 aromatic heterocycles. The van der Waals surface area contributed by atoms with Gasteiger partial charge < -0.3 is 5.73 Å². The molecule has 60 valence electrons. The van der Waals surface area contributed by atoms with Crippen molar-refractivity contribution in [2.45, 2.75) is 0 Å². The molecule has 0 saturated carbocycles. The number of nitrogen functional groups attached to an aromatic ring is 1. The second-order valence-electron chi connectivity index (χ2n) is 2.11. The Morgan fingerprint density at radius 1 is 1.17 bits per heavy atom. The third-order valence-corrected chi connectivity index (χ3v) is 1.81. The highest BCUT2D eigenvalue weighted by molar-refractivity contribution is 14.1. The fourth-order valence-electron chi connectivity index (χ4n) is 0.858. The summed E-state index contributed by atoms with van der Waals surface area (Å²) >= 11 is 1.98. The monoisotopic (exact) mass is 273 g/mol. The van der Waals surface area contributed by atoms with Crippen molar-refractivity contribution in [3.63, 3.8) is 0 Å². The zero-order valence-electron chi connectivity index (χ0n) is 5.90. The lowest BCUT2D eigenvalue weighted by Gasteiger charge is -1.97. The fourth-order valence-corrected chi connectivity index (χ4v) is 1.35. The maximum Gasteiger partial charge on any atom is 0.194 e. The first-order chi connectivity index (χ1) is 5.77. The molecule has 0 unspecified atom stereocenters. The van der Waals surface area contributed by atoms with Gasteiger partial charge in [-0.15, -0.1) is 0 Å². The van der Waals surface area contributed by atoms with Gasteiger partial charge in [0, 0.05) is 35.0 Å². The molecule has 5 nitrogen and oxygen atoms in total. The summed E-state index contributed by atoms with van der Waals surface area (Å²) in [5.74, 6) is 0.373.